The number of nitrogens with zero attached hydrogens (tertiary/aromatic N) is 3. The molecule has 3 aromatic heterocycles. The number of fused-ring (bicyclic) bond motifs is 6. The van der Waals surface area contributed by atoms with Crippen LogP contribution >= 0.6 is 0 Å². The van der Waals surface area contributed by atoms with E-state index in [2.05, 4.69) is 85.0 Å². The van der Waals surface area contributed by atoms with Crippen LogP contribution in [-0.2, 0) is 6.18 Å². The minimum absolute atomic E-state index is 0.00380. The van der Waals surface area contributed by atoms with Crippen molar-refractivity contribution < 1.29 is 13.2 Å². The number of aromatic nitrogens is 3. The van der Waals surface area contributed by atoms with Crippen LogP contribution in [0.3, 0.4) is 0 Å². The van der Waals surface area contributed by atoms with Gasteiger partial charge in [-0.15, -0.1) is 0 Å². The van der Waals surface area contributed by atoms with Gasteiger partial charge in [0.15, 0.2) is 0 Å². The lowest BCUT2D eigenvalue weighted by molar-refractivity contribution is -0.137. The van der Waals surface area contributed by atoms with E-state index in [-0.39, 0.29) is 11.4 Å². The zero-order chi connectivity index (χ0) is 48.3. The molecule has 3 nitrogen and oxygen atoms in total. The maximum atomic E-state index is 17.3. The molecule has 0 atom stereocenters. The lowest BCUT2D eigenvalue weighted by Crippen LogP contribution is -2.17. The minimum Gasteiger partial charge on any atom is -0.308 e. The van der Waals surface area contributed by atoms with E-state index in [0.717, 1.165) is 76.6 Å². The molecule has 0 unspecified atom stereocenters. The van der Waals surface area contributed by atoms with E-state index in [4.69, 9.17) is 4.98 Å². The number of pyridine rings is 1. The SMILES string of the molecule is FC(F)(F)c1c(-n2c3cc(-c4ccccc4)ccc3c3ccc(-c4ccccc4)cc32)cc(-c2cccc(-c3ccccc3)n2)cc1-n1c2cc(=C3C=CC=CC3)ccc2c2ccc(=C3C=CC=CC3)cc21. The fraction of sp³-hybridized carbons (Fsp3) is 0.0455. The largest absolute Gasteiger partial charge is 0.420 e. The summed E-state index contributed by atoms with van der Waals surface area (Å²) in [6, 6.07) is 63.9. The van der Waals surface area contributed by atoms with Gasteiger partial charge in [0, 0.05) is 32.7 Å². The lowest BCUT2D eigenvalue weighted by Gasteiger charge is -2.23. The molecule has 0 aliphatic heterocycles. The molecule has 2 aliphatic rings. The molecule has 344 valence electrons. The second-order valence-electron chi connectivity index (χ2n) is 18.5. The van der Waals surface area contributed by atoms with Gasteiger partial charge in [0.1, 0.15) is 5.56 Å². The summed E-state index contributed by atoms with van der Waals surface area (Å²) in [5.74, 6) is 0. The summed E-state index contributed by atoms with van der Waals surface area (Å²) < 4.78 is 55.5. The molecule has 3 heterocycles. The van der Waals surface area contributed by atoms with Crippen LogP contribution in [0.1, 0.15) is 18.4 Å². The van der Waals surface area contributed by atoms with Crippen LogP contribution in [0.4, 0.5) is 13.2 Å². The van der Waals surface area contributed by atoms with Crippen molar-refractivity contribution in [2.24, 2.45) is 0 Å². The maximum absolute atomic E-state index is 17.3. The Morgan fingerprint density at radius 3 is 1.21 bits per heavy atom. The zero-order valence-corrected chi connectivity index (χ0v) is 39.0. The van der Waals surface area contributed by atoms with E-state index in [0.29, 0.717) is 46.2 Å². The molecule has 72 heavy (non-hydrogen) atoms. The monoisotopic (exact) mass is 935 g/mol. The number of hydrogen-bond acceptors (Lipinski definition) is 1. The van der Waals surface area contributed by atoms with Crippen LogP contribution in [0.25, 0.3) is 111 Å². The molecular formula is C66H44F3N3. The van der Waals surface area contributed by atoms with Gasteiger partial charge in [-0.25, -0.2) is 4.98 Å². The first kappa shape index (κ1) is 43.1. The molecule has 6 heteroatoms. The van der Waals surface area contributed by atoms with Crippen LogP contribution in [0.15, 0.2) is 243 Å². The second-order valence-corrected chi connectivity index (χ2v) is 18.5. The number of hydrogen-bond donors (Lipinski definition) is 0. The summed E-state index contributed by atoms with van der Waals surface area (Å²) in [6.45, 7) is 0. The molecule has 0 saturated heterocycles. The summed E-state index contributed by atoms with van der Waals surface area (Å²) in [4.78, 5) is 5.22. The third-order valence-electron chi connectivity index (χ3n) is 14.2. The van der Waals surface area contributed by atoms with Gasteiger partial charge < -0.3 is 9.13 Å². The number of rotatable bonds is 6. The smallest absolute Gasteiger partial charge is 0.308 e. The van der Waals surface area contributed by atoms with Crippen molar-refractivity contribution in [1.82, 2.24) is 14.1 Å². The predicted octanol–water partition coefficient (Wildman–Crippen LogP) is 16.3. The fourth-order valence-corrected chi connectivity index (χ4v) is 10.8. The van der Waals surface area contributed by atoms with Gasteiger partial charge in [0.05, 0.1) is 44.8 Å². The van der Waals surface area contributed by atoms with E-state index in [1.165, 1.54) is 0 Å². The van der Waals surface area contributed by atoms with Gasteiger partial charge in [0.25, 0.3) is 0 Å². The number of alkyl halides is 3. The highest BCUT2D eigenvalue weighted by Crippen LogP contribution is 2.47. The van der Waals surface area contributed by atoms with Crippen LogP contribution in [-0.4, -0.2) is 14.1 Å². The Hall–Kier alpha value is -9.00. The Morgan fingerprint density at radius 2 is 0.778 bits per heavy atom. The fourth-order valence-electron chi connectivity index (χ4n) is 10.8. The molecule has 8 aromatic carbocycles. The molecule has 11 aromatic rings. The average molecular weight is 936 g/mol. The Morgan fingerprint density at radius 1 is 0.361 bits per heavy atom. The average Bonchev–Trinajstić information content (AvgIpc) is 3.95. The minimum atomic E-state index is -4.85. The second kappa shape index (κ2) is 17.4. The quantitative estimate of drug-likeness (QED) is 0.163. The Balaban J connectivity index is 1.21. The summed E-state index contributed by atoms with van der Waals surface area (Å²) in [5, 5.41) is 5.32. The van der Waals surface area contributed by atoms with E-state index in [9.17, 15) is 0 Å². The van der Waals surface area contributed by atoms with Crippen molar-refractivity contribution in [3.63, 3.8) is 0 Å². The first-order chi connectivity index (χ1) is 35.3. The number of benzene rings is 8. The van der Waals surface area contributed by atoms with Crippen molar-refractivity contribution in [2.75, 3.05) is 0 Å². The van der Waals surface area contributed by atoms with Crippen LogP contribution in [0.5, 0.6) is 0 Å². The molecule has 0 fully saturated rings. The van der Waals surface area contributed by atoms with Crippen molar-refractivity contribution in [2.45, 2.75) is 19.0 Å². The van der Waals surface area contributed by atoms with E-state index in [1.54, 1.807) is 12.1 Å². The third kappa shape index (κ3) is 7.51. The van der Waals surface area contributed by atoms with Crippen molar-refractivity contribution in [3.8, 4) is 56.1 Å². The highest BCUT2D eigenvalue weighted by Gasteiger charge is 2.40. The highest BCUT2D eigenvalue weighted by atomic mass is 19.4. The molecule has 0 saturated carbocycles. The highest BCUT2D eigenvalue weighted by molar-refractivity contribution is 6.12. The maximum Gasteiger partial charge on any atom is 0.420 e. The standard InChI is InChI=1S/C66H44F3N3/c67-66(68,69)65-63(71-59-37-48(43-17-6-1-7-18-43)29-33-53(59)54-34-30-49(38-60(54)71)44-19-8-2-9-20-44)41-52(58-28-16-27-57(70-58)47-25-14-5-15-26-47)42-64(65)72-61-39-50(45-21-10-3-11-22-45)31-35-55(61)56-36-32-51(40-62(56)72)46-23-12-4-13-24-46/h1-21,23,25-42H,22,24H2. The van der Waals surface area contributed by atoms with Crippen molar-refractivity contribution in [1.29, 1.82) is 0 Å². The summed E-state index contributed by atoms with van der Waals surface area (Å²) >= 11 is 0. The summed E-state index contributed by atoms with van der Waals surface area (Å²) in [5.41, 5.74) is 10.6. The summed E-state index contributed by atoms with van der Waals surface area (Å²) in [6.07, 6.45) is 13.0. The molecule has 2 aliphatic carbocycles. The lowest BCUT2D eigenvalue weighted by atomic mass is 10.0. The van der Waals surface area contributed by atoms with Gasteiger partial charge >= 0.3 is 6.18 Å². The molecule has 13 rings (SSSR count). The molecule has 0 N–H and O–H groups in total. The molecule has 0 radical (unpaired) electrons. The van der Waals surface area contributed by atoms with Gasteiger partial charge in [-0.2, -0.15) is 13.2 Å². The predicted molar refractivity (Wildman–Crippen MR) is 292 cm³/mol. The number of halogens is 3. The van der Waals surface area contributed by atoms with Crippen LogP contribution in [0.2, 0.25) is 0 Å². The van der Waals surface area contributed by atoms with Crippen molar-refractivity contribution in [3.05, 3.63) is 259 Å². The molecular weight excluding hydrogens is 892 g/mol. The van der Waals surface area contributed by atoms with Gasteiger partial charge in [-0.1, -0.05) is 194 Å². The van der Waals surface area contributed by atoms with Gasteiger partial charge in [0.2, 0.25) is 0 Å². The first-order valence-corrected chi connectivity index (χ1v) is 24.3. The zero-order valence-electron chi connectivity index (χ0n) is 39.0. The van der Waals surface area contributed by atoms with Gasteiger partial charge in [-0.05, 0) is 105 Å². The van der Waals surface area contributed by atoms with Crippen LogP contribution in [0, 0.1) is 0 Å². The molecule has 0 spiro atoms. The third-order valence-corrected chi connectivity index (χ3v) is 14.2. The van der Waals surface area contributed by atoms with E-state index >= 15 is 13.2 Å². The van der Waals surface area contributed by atoms with Crippen molar-refractivity contribution >= 4 is 54.8 Å². The Labute approximate surface area is 414 Å². The van der Waals surface area contributed by atoms with E-state index < -0.39 is 11.7 Å². The summed E-state index contributed by atoms with van der Waals surface area (Å²) in [7, 11) is 0. The van der Waals surface area contributed by atoms with Gasteiger partial charge in [-0.3, -0.25) is 0 Å². The Kier molecular flexibility index (Phi) is 10.4. The van der Waals surface area contributed by atoms with Crippen LogP contribution < -0.4 is 10.4 Å². The first-order valence-electron chi connectivity index (χ1n) is 24.3. The number of allylic oxidation sites excluding steroid dienone is 8. The Bertz CT molecular complexity index is 4030. The normalized spacial score (nSPS) is 15.2. The topological polar surface area (TPSA) is 22.8 Å². The molecule has 0 bridgehead atoms. The van der Waals surface area contributed by atoms with E-state index in [1.807, 2.05) is 155 Å². The molecule has 0 amide bonds.